The van der Waals surface area contributed by atoms with Crippen LogP contribution in [0.15, 0.2) is 39.1 Å². The molecule has 0 unspecified atom stereocenters. The van der Waals surface area contributed by atoms with Crippen LogP contribution >= 0.6 is 27.7 Å². The van der Waals surface area contributed by atoms with E-state index in [-0.39, 0.29) is 5.97 Å². The molecule has 0 heterocycles. The summed E-state index contributed by atoms with van der Waals surface area (Å²) in [5.74, 6) is -0.377. The SMILES string of the molecule is COC(=O)C=CSc1ccc(Br)cc1N. The summed E-state index contributed by atoms with van der Waals surface area (Å²) >= 11 is 4.69. The molecule has 2 N–H and O–H groups in total. The zero-order valence-corrected chi connectivity index (χ0v) is 10.5. The van der Waals surface area contributed by atoms with Crippen molar-refractivity contribution >= 4 is 39.3 Å². The minimum Gasteiger partial charge on any atom is -0.466 e. The molecule has 0 fully saturated rings. The Morgan fingerprint density at radius 3 is 2.93 bits per heavy atom. The maximum Gasteiger partial charge on any atom is 0.330 e. The van der Waals surface area contributed by atoms with Gasteiger partial charge in [-0.1, -0.05) is 27.7 Å². The molecule has 3 nitrogen and oxygen atoms in total. The number of rotatable bonds is 3. The summed E-state index contributed by atoms with van der Waals surface area (Å²) in [5.41, 5.74) is 6.44. The van der Waals surface area contributed by atoms with E-state index in [1.807, 2.05) is 18.2 Å². The van der Waals surface area contributed by atoms with Crippen molar-refractivity contribution in [3.63, 3.8) is 0 Å². The van der Waals surface area contributed by atoms with Crippen LogP contribution in [-0.4, -0.2) is 13.1 Å². The lowest BCUT2D eigenvalue weighted by Crippen LogP contribution is -1.93. The van der Waals surface area contributed by atoms with Gasteiger partial charge < -0.3 is 10.5 Å². The first kappa shape index (κ1) is 12.1. The fraction of sp³-hybridized carbons (Fsp3) is 0.100. The van der Waals surface area contributed by atoms with Crippen molar-refractivity contribution in [1.29, 1.82) is 0 Å². The number of carbonyl (C=O) groups excluding carboxylic acids is 1. The first-order chi connectivity index (χ1) is 7.13. The van der Waals surface area contributed by atoms with Crippen molar-refractivity contribution in [2.45, 2.75) is 4.90 Å². The number of hydrogen-bond donors (Lipinski definition) is 1. The first-order valence-electron chi connectivity index (χ1n) is 4.09. The average molecular weight is 288 g/mol. The molecule has 0 spiro atoms. The smallest absolute Gasteiger partial charge is 0.330 e. The molecule has 5 heteroatoms. The number of anilines is 1. The van der Waals surface area contributed by atoms with Crippen LogP contribution in [0.4, 0.5) is 5.69 Å². The molecule has 0 aliphatic carbocycles. The lowest BCUT2D eigenvalue weighted by Gasteiger charge is -2.01. The van der Waals surface area contributed by atoms with Crippen LogP contribution in [0.2, 0.25) is 0 Å². The lowest BCUT2D eigenvalue weighted by atomic mass is 10.3. The van der Waals surface area contributed by atoms with Gasteiger partial charge >= 0.3 is 5.97 Å². The molecular weight excluding hydrogens is 278 g/mol. The standard InChI is InChI=1S/C10H10BrNO2S/c1-14-10(13)4-5-15-9-3-2-7(11)6-8(9)12/h2-6H,12H2,1H3. The normalized spacial score (nSPS) is 10.5. The van der Waals surface area contributed by atoms with Gasteiger partial charge in [-0.05, 0) is 23.6 Å². The number of hydrogen-bond acceptors (Lipinski definition) is 4. The summed E-state index contributed by atoms with van der Waals surface area (Å²) in [7, 11) is 1.34. The number of esters is 1. The molecule has 0 saturated carbocycles. The Hall–Kier alpha value is -0.940. The molecule has 0 atom stereocenters. The molecule has 0 saturated heterocycles. The number of carbonyl (C=O) groups is 1. The van der Waals surface area contributed by atoms with Gasteiger partial charge in [0.25, 0.3) is 0 Å². The van der Waals surface area contributed by atoms with E-state index in [1.54, 1.807) is 5.41 Å². The monoisotopic (exact) mass is 287 g/mol. The number of ether oxygens (including phenoxy) is 1. The van der Waals surface area contributed by atoms with Crippen LogP contribution in [0.3, 0.4) is 0 Å². The van der Waals surface area contributed by atoms with E-state index in [0.717, 1.165) is 9.37 Å². The highest BCUT2D eigenvalue weighted by molar-refractivity contribution is 9.10. The van der Waals surface area contributed by atoms with Crippen molar-refractivity contribution in [3.8, 4) is 0 Å². The fourth-order valence-corrected chi connectivity index (χ4v) is 1.90. The summed E-state index contributed by atoms with van der Waals surface area (Å²) in [4.78, 5) is 11.7. The van der Waals surface area contributed by atoms with Crippen molar-refractivity contribution in [2.75, 3.05) is 12.8 Å². The van der Waals surface area contributed by atoms with Gasteiger partial charge in [-0.2, -0.15) is 0 Å². The minimum atomic E-state index is -0.377. The second kappa shape index (κ2) is 5.82. The molecule has 1 aromatic rings. The third-order valence-corrected chi connectivity index (χ3v) is 2.96. The van der Waals surface area contributed by atoms with Crippen molar-refractivity contribution in [3.05, 3.63) is 34.2 Å². The Morgan fingerprint density at radius 2 is 2.33 bits per heavy atom. The highest BCUT2D eigenvalue weighted by Gasteiger charge is 1.98. The van der Waals surface area contributed by atoms with E-state index in [4.69, 9.17) is 5.73 Å². The number of halogens is 1. The first-order valence-corrected chi connectivity index (χ1v) is 5.77. The molecule has 80 valence electrons. The van der Waals surface area contributed by atoms with Gasteiger partial charge in [-0.15, -0.1) is 0 Å². The maximum absolute atomic E-state index is 10.8. The number of nitrogens with two attached hydrogens (primary N) is 1. The Bertz CT molecular complexity index is 393. The van der Waals surface area contributed by atoms with Gasteiger partial charge in [0.2, 0.25) is 0 Å². The van der Waals surface area contributed by atoms with Gasteiger partial charge in [-0.25, -0.2) is 4.79 Å². The van der Waals surface area contributed by atoms with Crippen molar-refractivity contribution in [1.82, 2.24) is 0 Å². The van der Waals surface area contributed by atoms with E-state index in [1.165, 1.54) is 24.9 Å². The number of benzene rings is 1. The van der Waals surface area contributed by atoms with Gasteiger partial charge in [0.05, 0.1) is 7.11 Å². The molecule has 15 heavy (non-hydrogen) atoms. The Balaban J connectivity index is 2.65. The van der Waals surface area contributed by atoms with Crippen LogP contribution < -0.4 is 5.73 Å². The van der Waals surface area contributed by atoms with E-state index >= 15 is 0 Å². The summed E-state index contributed by atoms with van der Waals surface area (Å²) in [6, 6.07) is 5.59. The Labute approximate surface area is 101 Å². The predicted molar refractivity (Wildman–Crippen MR) is 65.6 cm³/mol. The van der Waals surface area contributed by atoms with Crippen molar-refractivity contribution < 1.29 is 9.53 Å². The second-order valence-electron chi connectivity index (χ2n) is 2.63. The highest BCUT2D eigenvalue weighted by atomic mass is 79.9. The van der Waals surface area contributed by atoms with Crippen LogP contribution in [-0.2, 0) is 9.53 Å². The van der Waals surface area contributed by atoms with Crippen LogP contribution in [0.5, 0.6) is 0 Å². The second-order valence-corrected chi connectivity index (χ2v) is 4.49. The predicted octanol–water partition coefficient (Wildman–Crippen LogP) is 2.81. The van der Waals surface area contributed by atoms with Gasteiger partial charge in [0, 0.05) is 21.1 Å². The number of thioether (sulfide) groups is 1. The summed E-state index contributed by atoms with van der Waals surface area (Å²) in [6.45, 7) is 0. The maximum atomic E-state index is 10.8. The lowest BCUT2D eigenvalue weighted by molar-refractivity contribution is -0.134. The molecule has 0 aliphatic heterocycles. The highest BCUT2D eigenvalue weighted by Crippen LogP contribution is 2.28. The molecule has 0 aliphatic rings. The average Bonchev–Trinajstić information content (AvgIpc) is 2.21. The number of nitrogen functional groups attached to an aromatic ring is 1. The summed E-state index contributed by atoms with van der Waals surface area (Å²) in [5, 5.41) is 1.64. The summed E-state index contributed by atoms with van der Waals surface area (Å²) in [6.07, 6.45) is 1.35. The molecule has 0 radical (unpaired) electrons. The van der Waals surface area contributed by atoms with E-state index < -0.39 is 0 Å². The van der Waals surface area contributed by atoms with Crippen LogP contribution in [0.1, 0.15) is 0 Å². The molecular formula is C10H10BrNO2S. The zero-order valence-electron chi connectivity index (χ0n) is 8.07. The minimum absolute atomic E-state index is 0.377. The van der Waals surface area contributed by atoms with Crippen LogP contribution in [0, 0.1) is 0 Å². The molecule has 0 aromatic heterocycles. The van der Waals surface area contributed by atoms with E-state index in [2.05, 4.69) is 20.7 Å². The molecule has 1 rings (SSSR count). The van der Waals surface area contributed by atoms with Crippen molar-refractivity contribution in [2.24, 2.45) is 0 Å². The van der Waals surface area contributed by atoms with E-state index in [9.17, 15) is 4.79 Å². The van der Waals surface area contributed by atoms with E-state index in [0.29, 0.717) is 5.69 Å². The largest absolute Gasteiger partial charge is 0.466 e. The third kappa shape index (κ3) is 3.97. The quantitative estimate of drug-likeness (QED) is 0.402. The zero-order chi connectivity index (χ0) is 11.3. The third-order valence-electron chi connectivity index (χ3n) is 1.57. The molecule has 0 bridgehead atoms. The Kier molecular flexibility index (Phi) is 4.71. The number of methoxy groups -OCH3 is 1. The van der Waals surface area contributed by atoms with Crippen LogP contribution in [0.25, 0.3) is 0 Å². The van der Waals surface area contributed by atoms with Gasteiger partial charge in [-0.3, -0.25) is 0 Å². The topological polar surface area (TPSA) is 52.3 Å². The fourth-order valence-electron chi connectivity index (χ4n) is 0.858. The molecule has 1 aromatic carbocycles. The molecule has 0 amide bonds. The Morgan fingerprint density at radius 1 is 1.60 bits per heavy atom. The van der Waals surface area contributed by atoms with Gasteiger partial charge in [0.15, 0.2) is 0 Å². The van der Waals surface area contributed by atoms with Gasteiger partial charge in [0.1, 0.15) is 0 Å². The summed E-state index contributed by atoms with van der Waals surface area (Å²) < 4.78 is 5.39.